The zero-order chi connectivity index (χ0) is 30.5. The van der Waals surface area contributed by atoms with Crippen LogP contribution in [-0.4, -0.2) is 82.6 Å². The fourth-order valence-electron chi connectivity index (χ4n) is 5.89. The summed E-state index contributed by atoms with van der Waals surface area (Å²) in [5, 5.41) is 4.97. The maximum Gasteiger partial charge on any atom is 0.242 e. The minimum atomic E-state index is -0.362. The molecule has 1 fully saturated rings. The molecule has 4 heterocycles. The lowest BCUT2D eigenvalue weighted by molar-refractivity contribution is -0.137. The summed E-state index contributed by atoms with van der Waals surface area (Å²) >= 11 is 1.54. The number of piperazine rings is 1. The minimum Gasteiger partial charge on any atom is -0.454 e. The largest absolute Gasteiger partial charge is 0.454 e. The van der Waals surface area contributed by atoms with Gasteiger partial charge in [-0.2, -0.15) is 5.10 Å². The maximum absolute atomic E-state index is 14.0. The predicted molar refractivity (Wildman–Crippen MR) is 165 cm³/mol. The second-order valence-corrected chi connectivity index (χ2v) is 13.3. The highest BCUT2D eigenvalue weighted by Gasteiger charge is 2.41. The number of amides is 3. The topological polar surface area (TPSA) is 97.2 Å². The van der Waals surface area contributed by atoms with Crippen LogP contribution in [0.25, 0.3) is 5.69 Å². The average molecular weight is 604 g/mol. The molecule has 0 N–H and O–H groups in total. The zero-order valence-corrected chi connectivity index (χ0v) is 26.1. The third-order valence-corrected chi connectivity index (χ3v) is 9.47. The number of hydrogen-bond acceptors (Lipinski definition) is 7. The standard InChI is InChI=1S/C32H37N5O5S/c1-20-8-6-7-9-23(20)37-31-28(30(33-37)32(3,4)5)29(22-10-11-24-25(16-22)42-19-41-24)43-18-27(40)36(31)17-26(39)35-14-12-34(13-15-35)21(2)38/h6-11,16,29H,12-15,17-19H2,1-5H3/t29-/m0/s1. The fraction of sp³-hybridized carbons (Fsp3) is 0.438. The third-order valence-electron chi connectivity index (χ3n) is 8.21. The number of aromatic nitrogens is 2. The molecular weight excluding hydrogens is 566 g/mol. The molecule has 0 saturated carbocycles. The lowest BCUT2D eigenvalue weighted by atomic mass is 9.87. The summed E-state index contributed by atoms with van der Waals surface area (Å²) < 4.78 is 13.1. The quantitative estimate of drug-likeness (QED) is 0.444. The summed E-state index contributed by atoms with van der Waals surface area (Å²) in [7, 11) is 0. The summed E-state index contributed by atoms with van der Waals surface area (Å²) in [5.74, 6) is 1.88. The van der Waals surface area contributed by atoms with Crippen molar-refractivity contribution in [2.24, 2.45) is 0 Å². The smallest absolute Gasteiger partial charge is 0.242 e. The Labute approximate surface area is 255 Å². The second kappa shape index (κ2) is 11.3. The SMILES string of the molecule is CC(=O)N1CCN(C(=O)CN2C(=O)CS[C@@H](c3ccc4c(c3)OCO4)c3c(C(C)(C)C)nn(-c4ccccc4C)c32)CC1. The Balaban J connectivity index is 1.49. The van der Waals surface area contributed by atoms with Crippen LogP contribution in [0.15, 0.2) is 42.5 Å². The highest BCUT2D eigenvalue weighted by Crippen LogP contribution is 2.50. The van der Waals surface area contributed by atoms with Crippen LogP contribution in [0.2, 0.25) is 0 Å². The molecule has 10 nitrogen and oxygen atoms in total. The first kappa shape index (κ1) is 29.1. The van der Waals surface area contributed by atoms with Gasteiger partial charge in [-0.05, 0) is 36.2 Å². The van der Waals surface area contributed by atoms with Crippen molar-refractivity contribution in [1.29, 1.82) is 0 Å². The monoisotopic (exact) mass is 603 g/mol. The minimum absolute atomic E-state index is 0.00265. The Hall–Kier alpha value is -3.99. The molecule has 0 spiro atoms. The van der Waals surface area contributed by atoms with Gasteiger partial charge < -0.3 is 19.3 Å². The highest BCUT2D eigenvalue weighted by atomic mass is 32.2. The molecule has 3 aliphatic heterocycles. The molecule has 3 aliphatic rings. The van der Waals surface area contributed by atoms with Crippen LogP contribution in [0.3, 0.4) is 0 Å². The summed E-state index contributed by atoms with van der Waals surface area (Å²) in [5.41, 5.74) is 4.25. The van der Waals surface area contributed by atoms with Crippen molar-refractivity contribution >= 4 is 35.3 Å². The Kier molecular flexibility index (Phi) is 7.62. The van der Waals surface area contributed by atoms with Gasteiger partial charge in [0.05, 0.1) is 22.4 Å². The molecule has 0 unspecified atom stereocenters. The molecule has 43 heavy (non-hydrogen) atoms. The number of thioether (sulfide) groups is 1. The molecule has 2 aromatic carbocycles. The van der Waals surface area contributed by atoms with Gasteiger partial charge in [0.25, 0.3) is 0 Å². The first-order chi connectivity index (χ1) is 20.5. The molecule has 3 aromatic rings. The molecule has 6 rings (SSSR count). The molecule has 1 saturated heterocycles. The van der Waals surface area contributed by atoms with Crippen LogP contribution in [0.4, 0.5) is 5.82 Å². The van der Waals surface area contributed by atoms with Crippen molar-refractivity contribution in [2.75, 3.05) is 50.2 Å². The van der Waals surface area contributed by atoms with Gasteiger partial charge in [-0.15, -0.1) is 11.8 Å². The number of aryl methyl sites for hydroxylation is 1. The molecule has 11 heteroatoms. The number of rotatable bonds is 4. The van der Waals surface area contributed by atoms with E-state index < -0.39 is 0 Å². The van der Waals surface area contributed by atoms with E-state index in [4.69, 9.17) is 14.6 Å². The number of ether oxygens (including phenoxy) is 2. The maximum atomic E-state index is 14.0. The predicted octanol–water partition coefficient (Wildman–Crippen LogP) is 4.07. The molecule has 0 aliphatic carbocycles. The second-order valence-electron chi connectivity index (χ2n) is 12.2. The van der Waals surface area contributed by atoms with E-state index in [0.29, 0.717) is 43.5 Å². The average Bonchev–Trinajstić information content (AvgIpc) is 3.58. The lowest BCUT2D eigenvalue weighted by Gasteiger charge is -2.35. The van der Waals surface area contributed by atoms with Crippen LogP contribution < -0.4 is 14.4 Å². The van der Waals surface area contributed by atoms with Crippen LogP contribution in [0.1, 0.15) is 55.3 Å². The van der Waals surface area contributed by atoms with Crippen molar-refractivity contribution in [3.8, 4) is 17.2 Å². The van der Waals surface area contributed by atoms with Crippen LogP contribution in [0.5, 0.6) is 11.5 Å². The van der Waals surface area contributed by atoms with E-state index in [1.807, 2.05) is 54.1 Å². The van der Waals surface area contributed by atoms with E-state index in [2.05, 4.69) is 20.8 Å². The van der Waals surface area contributed by atoms with Gasteiger partial charge in [-0.25, -0.2) is 4.68 Å². The van der Waals surface area contributed by atoms with Gasteiger partial charge in [0, 0.05) is 44.1 Å². The first-order valence-electron chi connectivity index (χ1n) is 14.6. The first-order valence-corrected chi connectivity index (χ1v) is 15.6. The normalized spacial score (nSPS) is 18.5. The Morgan fingerprint density at radius 3 is 2.40 bits per heavy atom. The van der Waals surface area contributed by atoms with Crippen molar-refractivity contribution in [3.63, 3.8) is 0 Å². The number of para-hydroxylation sites is 1. The van der Waals surface area contributed by atoms with Crippen molar-refractivity contribution in [2.45, 2.75) is 45.3 Å². The molecule has 3 amide bonds. The van der Waals surface area contributed by atoms with Crippen molar-refractivity contribution in [1.82, 2.24) is 19.6 Å². The van der Waals surface area contributed by atoms with Gasteiger partial charge in [-0.1, -0.05) is 45.0 Å². The van der Waals surface area contributed by atoms with E-state index in [1.165, 1.54) is 11.8 Å². The van der Waals surface area contributed by atoms with Gasteiger partial charge in [0.15, 0.2) is 11.5 Å². The fourth-order valence-corrected chi connectivity index (χ4v) is 7.08. The number of anilines is 1. The summed E-state index contributed by atoms with van der Waals surface area (Å²) in [4.78, 5) is 44.8. The van der Waals surface area contributed by atoms with E-state index >= 15 is 0 Å². The van der Waals surface area contributed by atoms with Gasteiger partial charge in [-0.3, -0.25) is 19.3 Å². The highest BCUT2D eigenvalue weighted by molar-refractivity contribution is 8.00. The van der Waals surface area contributed by atoms with E-state index in [1.54, 1.807) is 21.6 Å². The van der Waals surface area contributed by atoms with Gasteiger partial charge in [0.2, 0.25) is 24.5 Å². The van der Waals surface area contributed by atoms with Crippen molar-refractivity contribution < 1.29 is 23.9 Å². The van der Waals surface area contributed by atoms with Gasteiger partial charge >= 0.3 is 0 Å². The third kappa shape index (κ3) is 5.46. The van der Waals surface area contributed by atoms with E-state index in [9.17, 15) is 14.4 Å². The zero-order valence-electron chi connectivity index (χ0n) is 25.3. The number of fused-ring (bicyclic) bond motifs is 2. The number of hydrogen-bond donors (Lipinski definition) is 0. The Morgan fingerprint density at radius 2 is 1.70 bits per heavy atom. The number of benzene rings is 2. The molecule has 1 atom stereocenters. The number of nitrogens with zero attached hydrogens (tertiary/aromatic N) is 5. The van der Waals surface area contributed by atoms with E-state index in [-0.39, 0.29) is 47.5 Å². The van der Waals surface area contributed by atoms with Crippen LogP contribution >= 0.6 is 11.8 Å². The Bertz CT molecular complexity index is 1590. The summed E-state index contributed by atoms with van der Waals surface area (Å²) in [6.45, 7) is 11.8. The summed E-state index contributed by atoms with van der Waals surface area (Å²) in [6.07, 6.45) is 0. The number of carbonyl (C=O) groups is 3. The van der Waals surface area contributed by atoms with Gasteiger partial charge in [0.1, 0.15) is 12.4 Å². The van der Waals surface area contributed by atoms with Crippen LogP contribution in [0, 0.1) is 6.92 Å². The lowest BCUT2D eigenvalue weighted by Crippen LogP contribution is -2.53. The van der Waals surface area contributed by atoms with E-state index in [0.717, 1.165) is 28.1 Å². The van der Waals surface area contributed by atoms with Crippen molar-refractivity contribution in [3.05, 3.63) is 64.8 Å². The molecule has 0 radical (unpaired) electrons. The molecular formula is C32H37N5O5S. The Morgan fingerprint density at radius 1 is 1.00 bits per heavy atom. The molecule has 0 bridgehead atoms. The molecule has 226 valence electrons. The summed E-state index contributed by atoms with van der Waals surface area (Å²) in [6, 6.07) is 13.9. The number of carbonyl (C=O) groups excluding carboxylic acids is 3. The van der Waals surface area contributed by atoms with Crippen LogP contribution in [-0.2, 0) is 19.8 Å². The molecule has 1 aromatic heterocycles.